The quantitative estimate of drug-likeness (QED) is 0.309. The van der Waals surface area contributed by atoms with E-state index in [0.29, 0.717) is 16.3 Å². The number of amidine groups is 1. The molecule has 0 atom stereocenters. The largest absolute Gasteiger partial charge is 0.491 e. The van der Waals surface area contributed by atoms with Crippen molar-refractivity contribution in [1.29, 1.82) is 0 Å². The van der Waals surface area contributed by atoms with E-state index in [1.807, 2.05) is 0 Å². The van der Waals surface area contributed by atoms with Crippen LogP contribution in [0.2, 0.25) is 5.02 Å². The number of aliphatic hydroxyl groups excluding tert-OH is 1. The zero-order chi connectivity index (χ0) is 11.3. The fourth-order valence-electron chi connectivity index (χ4n) is 1.01. The SMILES string of the molecule is NC(=NO)c1ccc(OCCO)cc1Cl. The normalized spacial score (nSPS) is 11.5. The lowest BCUT2D eigenvalue weighted by Gasteiger charge is -2.06. The van der Waals surface area contributed by atoms with Crippen molar-refractivity contribution in [2.24, 2.45) is 10.9 Å². The van der Waals surface area contributed by atoms with Gasteiger partial charge >= 0.3 is 0 Å². The van der Waals surface area contributed by atoms with Gasteiger partial charge in [0.15, 0.2) is 5.84 Å². The topological polar surface area (TPSA) is 88.1 Å². The Morgan fingerprint density at radius 2 is 2.27 bits per heavy atom. The van der Waals surface area contributed by atoms with Gasteiger partial charge < -0.3 is 20.8 Å². The Kier molecular flexibility index (Phi) is 4.20. The molecule has 0 bridgehead atoms. The second-order valence-electron chi connectivity index (χ2n) is 2.70. The first-order chi connectivity index (χ1) is 7.19. The molecule has 0 heterocycles. The van der Waals surface area contributed by atoms with Gasteiger partial charge in [-0.3, -0.25) is 0 Å². The van der Waals surface area contributed by atoms with E-state index < -0.39 is 0 Å². The molecule has 0 aliphatic carbocycles. The first-order valence-corrected chi connectivity index (χ1v) is 4.58. The number of oxime groups is 1. The van der Waals surface area contributed by atoms with E-state index in [1.54, 1.807) is 12.1 Å². The van der Waals surface area contributed by atoms with Crippen LogP contribution in [0.25, 0.3) is 0 Å². The van der Waals surface area contributed by atoms with Crippen LogP contribution in [-0.4, -0.2) is 29.4 Å². The standard InChI is InChI=1S/C9H11ClN2O3/c10-8-5-6(15-4-3-13)1-2-7(8)9(11)12-14/h1-2,5,13-14H,3-4H2,(H2,11,12). The van der Waals surface area contributed by atoms with E-state index in [9.17, 15) is 0 Å². The molecular formula is C9H11ClN2O3. The Labute approximate surface area is 91.7 Å². The molecule has 0 aliphatic heterocycles. The van der Waals surface area contributed by atoms with E-state index in [1.165, 1.54) is 6.07 Å². The van der Waals surface area contributed by atoms with Crippen molar-refractivity contribution >= 4 is 17.4 Å². The zero-order valence-electron chi connectivity index (χ0n) is 7.85. The van der Waals surface area contributed by atoms with Gasteiger partial charge in [-0.2, -0.15) is 0 Å². The van der Waals surface area contributed by atoms with Crippen LogP contribution in [0.3, 0.4) is 0 Å². The van der Waals surface area contributed by atoms with E-state index in [4.69, 9.17) is 32.4 Å². The fraction of sp³-hybridized carbons (Fsp3) is 0.222. The predicted molar refractivity (Wildman–Crippen MR) is 56.5 cm³/mol. The molecule has 0 aromatic heterocycles. The van der Waals surface area contributed by atoms with Gasteiger partial charge in [-0.1, -0.05) is 16.8 Å². The van der Waals surface area contributed by atoms with Crippen molar-refractivity contribution in [1.82, 2.24) is 0 Å². The number of halogens is 1. The molecule has 0 amide bonds. The molecule has 5 nitrogen and oxygen atoms in total. The summed E-state index contributed by atoms with van der Waals surface area (Å²) in [6.45, 7) is 0.124. The lowest BCUT2D eigenvalue weighted by molar-refractivity contribution is 0.201. The minimum Gasteiger partial charge on any atom is -0.491 e. The van der Waals surface area contributed by atoms with E-state index in [0.717, 1.165) is 0 Å². The third-order valence-corrected chi connectivity index (χ3v) is 2.00. The molecule has 0 spiro atoms. The number of benzene rings is 1. The van der Waals surface area contributed by atoms with Crippen LogP contribution in [0.5, 0.6) is 5.75 Å². The molecule has 1 rings (SSSR count). The van der Waals surface area contributed by atoms with Crippen LogP contribution in [-0.2, 0) is 0 Å². The fourth-order valence-corrected chi connectivity index (χ4v) is 1.28. The second-order valence-corrected chi connectivity index (χ2v) is 3.11. The third kappa shape index (κ3) is 3.00. The number of ether oxygens (including phenoxy) is 1. The van der Waals surface area contributed by atoms with Crippen LogP contribution in [0.1, 0.15) is 5.56 Å². The minimum atomic E-state index is -0.0698. The summed E-state index contributed by atoms with van der Waals surface area (Å²) >= 11 is 5.87. The Morgan fingerprint density at radius 3 is 2.80 bits per heavy atom. The van der Waals surface area contributed by atoms with Gasteiger partial charge in [-0.05, 0) is 18.2 Å². The average molecular weight is 231 g/mol. The summed E-state index contributed by atoms with van der Waals surface area (Å²) < 4.78 is 5.13. The average Bonchev–Trinajstić information content (AvgIpc) is 2.25. The van der Waals surface area contributed by atoms with E-state index in [-0.39, 0.29) is 19.0 Å². The number of hydrogen-bond acceptors (Lipinski definition) is 4. The highest BCUT2D eigenvalue weighted by molar-refractivity contribution is 6.34. The van der Waals surface area contributed by atoms with Gasteiger partial charge in [0.2, 0.25) is 0 Å². The maximum absolute atomic E-state index is 8.55. The van der Waals surface area contributed by atoms with Crippen LogP contribution in [0, 0.1) is 0 Å². The molecule has 82 valence electrons. The number of rotatable bonds is 4. The maximum atomic E-state index is 8.55. The van der Waals surface area contributed by atoms with Crippen LogP contribution in [0.15, 0.2) is 23.4 Å². The molecule has 0 radical (unpaired) electrons. The van der Waals surface area contributed by atoms with Crippen molar-refractivity contribution in [2.75, 3.05) is 13.2 Å². The summed E-state index contributed by atoms with van der Waals surface area (Å²) in [4.78, 5) is 0. The first kappa shape index (κ1) is 11.6. The Balaban J connectivity index is 2.88. The van der Waals surface area contributed by atoms with Crippen molar-refractivity contribution in [3.8, 4) is 5.75 Å². The van der Waals surface area contributed by atoms with Gasteiger partial charge in [0.25, 0.3) is 0 Å². The van der Waals surface area contributed by atoms with Crippen molar-refractivity contribution < 1.29 is 15.1 Å². The number of nitrogens with two attached hydrogens (primary N) is 1. The number of hydrogen-bond donors (Lipinski definition) is 3. The monoisotopic (exact) mass is 230 g/mol. The summed E-state index contributed by atoms with van der Waals surface area (Å²) in [5.74, 6) is 0.456. The maximum Gasteiger partial charge on any atom is 0.171 e. The second kappa shape index (κ2) is 5.43. The molecule has 0 saturated carbocycles. The van der Waals surface area contributed by atoms with Crippen molar-refractivity contribution in [2.45, 2.75) is 0 Å². The predicted octanol–water partition coefficient (Wildman–Crippen LogP) is 0.806. The summed E-state index contributed by atoms with van der Waals surface area (Å²) in [7, 11) is 0. The zero-order valence-corrected chi connectivity index (χ0v) is 8.61. The highest BCUT2D eigenvalue weighted by Crippen LogP contribution is 2.22. The van der Waals surface area contributed by atoms with Crippen LogP contribution < -0.4 is 10.5 Å². The summed E-state index contributed by atoms with van der Waals surface area (Å²) in [5.41, 5.74) is 5.81. The minimum absolute atomic E-state index is 0.0614. The van der Waals surface area contributed by atoms with Crippen LogP contribution in [0.4, 0.5) is 0 Å². The molecule has 0 saturated heterocycles. The Bertz CT molecular complexity index is 368. The van der Waals surface area contributed by atoms with Gasteiger partial charge in [-0.15, -0.1) is 0 Å². The summed E-state index contributed by atoms with van der Waals surface area (Å²) in [5, 5.41) is 20.2. The number of nitrogens with zero attached hydrogens (tertiary/aromatic N) is 1. The van der Waals surface area contributed by atoms with Gasteiger partial charge in [-0.25, -0.2) is 0 Å². The highest BCUT2D eigenvalue weighted by atomic mass is 35.5. The lowest BCUT2D eigenvalue weighted by atomic mass is 10.2. The molecule has 1 aromatic carbocycles. The third-order valence-electron chi connectivity index (χ3n) is 1.68. The van der Waals surface area contributed by atoms with Gasteiger partial charge in [0.05, 0.1) is 11.6 Å². The van der Waals surface area contributed by atoms with E-state index >= 15 is 0 Å². The van der Waals surface area contributed by atoms with Crippen LogP contribution >= 0.6 is 11.6 Å². The van der Waals surface area contributed by atoms with E-state index in [2.05, 4.69) is 5.16 Å². The molecular weight excluding hydrogens is 220 g/mol. The smallest absolute Gasteiger partial charge is 0.171 e. The first-order valence-electron chi connectivity index (χ1n) is 4.20. The van der Waals surface area contributed by atoms with Crippen molar-refractivity contribution in [3.63, 3.8) is 0 Å². The van der Waals surface area contributed by atoms with Crippen molar-refractivity contribution in [3.05, 3.63) is 28.8 Å². The highest BCUT2D eigenvalue weighted by Gasteiger charge is 2.06. The molecule has 0 unspecified atom stereocenters. The van der Waals surface area contributed by atoms with Gasteiger partial charge in [0, 0.05) is 5.56 Å². The molecule has 6 heteroatoms. The Hall–Kier alpha value is -1.46. The lowest BCUT2D eigenvalue weighted by Crippen LogP contribution is -2.13. The van der Waals surface area contributed by atoms with Gasteiger partial charge in [0.1, 0.15) is 12.4 Å². The Morgan fingerprint density at radius 1 is 1.53 bits per heavy atom. The molecule has 4 N–H and O–H groups in total. The molecule has 1 aromatic rings. The molecule has 0 aliphatic rings. The summed E-state index contributed by atoms with van der Waals surface area (Å²) in [6.07, 6.45) is 0. The summed E-state index contributed by atoms with van der Waals surface area (Å²) in [6, 6.07) is 4.73. The molecule has 0 fully saturated rings. The number of aliphatic hydroxyl groups is 1. The molecule has 15 heavy (non-hydrogen) atoms.